The second kappa shape index (κ2) is 20.7. The molecule has 0 aliphatic carbocycles. The summed E-state index contributed by atoms with van der Waals surface area (Å²) in [6.07, 6.45) is 8.07. The Labute approximate surface area is 254 Å². The summed E-state index contributed by atoms with van der Waals surface area (Å²) in [5, 5.41) is 0. The highest BCUT2D eigenvalue weighted by atomic mass is 14.2. The first-order valence-corrected chi connectivity index (χ1v) is 15.7. The number of aryl methyl sites for hydroxylation is 8. The zero-order valence-electron chi connectivity index (χ0n) is 28.0. The quantitative estimate of drug-likeness (QED) is 0.215. The lowest BCUT2D eigenvalue weighted by Gasteiger charge is -2.18. The highest BCUT2D eigenvalue weighted by Crippen LogP contribution is 2.29. The third kappa shape index (κ3) is 14.9. The predicted octanol–water partition coefficient (Wildman–Crippen LogP) is 12.7. The molecule has 0 saturated heterocycles. The van der Waals surface area contributed by atoms with Crippen molar-refractivity contribution < 1.29 is 0 Å². The second-order valence-corrected chi connectivity index (χ2v) is 11.6. The third-order valence-corrected chi connectivity index (χ3v) is 8.09. The van der Waals surface area contributed by atoms with Crippen molar-refractivity contribution in [3.63, 3.8) is 0 Å². The molecule has 0 heteroatoms. The van der Waals surface area contributed by atoms with Gasteiger partial charge in [-0.15, -0.1) is 0 Å². The van der Waals surface area contributed by atoms with Crippen molar-refractivity contribution in [1.29, 1.82) is 0 Å². The van der Waals surface area contributed by atoms with Gasteiger partial charge in [-0.05, 0) is 124 Å². The molecule has 0 bridgehead atoms. The molecular weight excluding hydrogens is 492 g/mol. The fourth-order valence-corrected chi connectivity index (χ4v) is 4.39. The Kier molecular flexibility index (Phi) is 18.1. The topological polar surface area (TPSA) is 0 Å². The molecule has 0 N–H and O–H groups in total. The Morgan fingerprint density at radius 1 is 0.390 bits per heavy atom. The summed E-state index contributed by atoms with van der Waals surface area (Å²) in [4.78, 5) is 0. The Hall–Kier alpha value is -3.12. The fraction of sp³-hybridized carbons (Fsp3) is 0.415. The average Bonchev–Trinajstić information content (AvgIpc) is 2.96. The Morgan fingerprint density at radius 2 is 0.683 bits per heavy atom. The number of rotatable bonds is 7. The van der Waals surface area contributed by atoms with E-state index in [-0.39, 0.29) is 0 Å². The van der Waals surface area contributed by atoms with E-state index in [0.717, 1.165) is 5.92 Å². The van der Waals surface area contributed by atoms with E-state index in [1.54, 1.807) is 5.56 Å². The van der Waals surface area contributed by atoms with Gasteiger partial charge in [0, 0.05) is 0 Å². The van der Waals surface area contributed by atoms with Gasteiger partial charge in [0.05, 0.1) is 0 Å². The maximum absolute atomic E-state index is 2.41. The van der Waals surface area contributed by atoms with E-state index in [4.69, 9.17) is 0 Å². The van der Waals surface area contributed by atoms with Crippen LogP contribution in [-0.2, 0) is 0 Å². The van der Waals surface area contributed by atoms with E-state index in [0.29, 0.717) is 0 Å². The first-order valence-electron chi connectivity index (χ1n) is 15.7. The van der Waals surface area contributed by atoms with Crippen molar-refractivity contribution >= 4 is 0 Å². The molecule has 4 rings (SSSR count). The summed E-state index contributed by atoms with van der Waals surface area (Å²) in [6.45, 7) is 21.7. The number of unbranched alkanes of at least 4 members (excludes halogenated alkanes) is 2. The Morgan fingerprint density at radius 3 is 0.927 bits per heavy atom. The molecule has 41 heavy (non-hydrogen) atoms. The van der Waals surface area contributed by atoms with Crippen molar-refractivity contribution in [2.75, 3.05) is 0 Å². The van der Waals surface area contributed by atoms with Crippen LogP contribution < -0.4 is 0 Å². The Bertz CT molecular complexity index is 1070. The third-order valence-electron chi connectivity index (χ3n) is 8.09. The standard InChI is InChI=1S/C17H28.3C8H10/c1-5-7-9-16(10-8-6-2)17-12-11-14(3)15(4)13-17;3*1-7-5-3-4-6-8(7)2/h11-13,16H,5-10H2,1-4H3;3*3-6H,1-2H3. The van der Waals surface area contributed by atoms with Crippen molar-refractivity contribution in [3.05, 3.63) is 141 Å². The summed E-state index contributed by atoms with van der Waals surface area (Å²) >= 11 is 0. The normalized spacial score (nSPS) is 10.0. The Balaban J connectivity index is 0.000000294. The molecule has 0 amide bonds. The average molecular weight is 551 g/mol. The van der Waals surface area contributed by atoms with E-state index in [1.165, 1.54) is 83.0 Å². The van der Waals surface area contributed by atoms with Crippen molar-refractivity contribution in [3.8, 4) is 0 Å². The van der Waals surface area contributed by atoms with Crippen LogP contribution in [0.5, 0.6) is 0 Å². The van der Waals surface area contributed by atoms with Crippen LogP contribution in [0.3, 0.4) is 0 Å². The van der Waals surface area contributed by atoms with E-state index in [2.05, 4.69) is 160 Å². The molecule has 0 aromatic heterocycles. The van der Waals surface area contributed by atoms with Gasteiger partial charge < -0.3 is 0 Å². The van der Waals surface area contributed by atoms with Crippen molar-refractivity contribution in [2.24, 2.45) is 0 Å². The van der Waals surface area contributed by atoms with E-state index >= 15 is 0 Å². The number of benzene rings is 4. The molecule has 4 aromatic rings. The molecule has 0 heterocycles. The summed E-state index contributed by atoms with van der Waals surface area (Å²) in [5.41, 5.74) is 12.6. The zero-order chi connectivity index (χ0) is 30.6. The van der Waals surface area contributed by atoms with E-state index in [1.807, 2.05) is 0 Å². The molecule has 0 spiro atoms. The van der Waals surface area contributed by atoms with Gasteiger partial charge in [0.25, 0.3) is 0 Å². The van der Waals surface area contributed by atoms with Crippen LogP contribution in [-0.4, -0.2) is 0 Å². The largest absolute Gasteiger partial charge is 0.0654 e. The van der Waals surface area contributed by atoms with Gasteiger partial charge in [0.15, 0.2) is 0 Å². The predicted molar refractivity (Wildman–Crippen MR) is 185 cm³/mol. The van der Waals surface area contributed by atoms with Gasteiger partial charge in [0.1, 0.15) is 0 Å². The van der Waals surface area contributed by atoms with Crippen LogP contribution in [0, 0.1) is 55.4 Å². The summed E-state index contributed by atoms with van der Waals surface area (Å²) in [7, 11) is 0. The monoisotopic (exact) mass is 550 g/mol. The molecule has 0 atom stereocenters. The number of hydrogen-bond acceptors (Lipinski definition) is 0. The molecule has 4 aromatic carbocycles. The van der Waals surface area contributed by atoms with Gasteiger partial charge in [-0.1, -0.05) is 131 Å². The molecule has 0 unspecified atom stereocenters. The van der Waals surface area contributed by atoms with Gasteiger partial charge in [-0.25, -0.2) is 0 Å². The molecule has 0 radical (unpaired) electrons. The maximum atomic E-state index is 2.41. The molecule has 0 aliphatic heterocycles. The minimum absolute atomic E-state index is 0.786. The molecule has 0 aliphatic rings. The van der Waals surface area contributed by atoms with E-state index in [9.17, 15) is 0 Å². The van der Waals surface area contributed by atoms with Crippen LogP contribution in [0.25, 0.3) is 0 Å². The summed E-state index contributed by atoms with van der Waals surface area (Å²) in [6, 6.07) is 32.1. The zero-order valence-corrected chi connectivity index (χ0v) is 28.0. The van der Waals surface area contributed by atoms with Crippen molar-refractivity contribution in [2.45, 2.75) is 114 Å². The smallest absolute Gasteiger partial charge is 0.0162 e. The minimum Gasteiger partial charge on any atom is -0.0654 e. The SMILES string of the molecule is CCCCC(CCCC)c1ccc(C)c(C)c1.Cc1ccccc1C.Cc1ccccc1C.Cc1ccccc1C. The molecular formula is C41H58. The highest BCUT2D eigenvalue weighted by Gasteiger charge is 2.11. The molecule has 0 saturated carbocycles. The minimum atomic E-state index is 0.786. The lowest BCUT2D eigenvalue weighted by Crippen LogP contribution is -2.00. The molecule has 0 fully saturated rings. The van der Waals surface area contributed by atoms with Crippen LogP contribution in [0.15, 0.2) is 91.0 Å². The second-order valence-electron chi connectivity index (χ2n) is 11.6. The lowest BCUT2D eigenvalue weighted by molar-refractivity contribution is 0.524. The molecule has 222 valence electrons. The van der Waals surface area contributed by atoms with Crippen LogP contribution in [0.1, 0.15) is 108 Å². The first kappa shape index (κ1) is 35.9. The van der Waals surface area contributed by atoms with Crippen molar-refractivity contribution in [1.82, 2.24) is 0 Å². The van der Waals surface area contributed by atoms with E-state index < -0.39 is 0 Å². The first-order chi connectivity index (χ1) is 19.6. The van der Waals surface area contributed by atoms with Crippen LogP contribution in [0.2, 0.25) is 0 Å². The van der Waals surface area contributed by atoms with Crippen LogP contribution >= 0.6 is 0 Å². The fourth-order valence-electron chi connectivity index (χ4n) is 4.39. The van der Waals surface area contributed by atoms with Gasteiger partial charge >= 0.3 is 0 Å². The van der Waals surface area contributed by atoms with Gasteiger partial charge in [-0.2, -0.15) is 0 Å². The molecule has 0 nitrogen and oxygen atoms in total. The highest BCUT2D eigenvalue weighted by molar-refractivity contribution is 5.32. The van der Waals surface area contributed by atoms with Gasteiger partial charge in [-0.3, -0.25) is 0 Å². The van der Waals surface area contributed by atoms with Crippen LogP contribution in [0.4, 0.5) is 0 Å². The number of hydrogen-bond donors (Lipinski definition) is 0. The maximum Gasteiger partial charge on any atom is -0.0162 e. The summed E-state index contributed by atoms with van der Waals surface area (Å²) < 4.78 is 0. The lowest BCUT2D eigenvalue weighted by atomic mass is 9.87. The summed E-state index contributed by atoms with van der Waals surface area (Å²) in [5.74, 6) is 0.786. The van der Waals surface area contributed by atoms with Gasteiger partial charge in [0.2, 0.25) is 0 Å².